The first-order valence-electron chi connectivity index (χ1n) is 8.07. The van der Waals surface area contributed by atoms with Crippen molar-refractivity contribution < 1.29 is 0 Å². The van der Waals surface area contributed by atoms with Gasteiger partial charge in [-0.05, 0) is 43.9 Å². The SMILES string of the molecule is Cc1nn(-c2ccc(C(C)C)cc2)c(C)c1[C@@H]1C=C[C@@H](N)C1. The van der Waals surface area contributed by atoms with Gasteiger partial charge in [-0.3, -0.25) is 0 Å². The lowest BCUT2D eigenvalue weighted by atomic mass is 9.96. The predicted molar refractivity (Wildman–Crippen MR) is 91.6 cm³/mol. The molecule has 0 unspecified atom stereocenters. The van der Waals surface area contributed by atoms with Crippen LogP contribution in [-0.2, 0) is 0 Å². The number of nitrogens with two attached hydrogens (primary N) is 1. The Morgan fingerprint density at radius 2 is 1.82 bits per heavy atom. The zero-order valence-electron chi connectivity index (χ0n) is 13.9. The van der Waals surface area contributed by atoms with Crippen LogP contribution < -0.4 is 5.73 Å². The molecule has 0 amide bonds. The van der Waals surface area contributed by atoms with Gasteiger partial charge in [0.15, 0.2) is 0 Å². The standard InChI is InChI=1S/C19H25N3/c1-12(2)15-6-9-18(10-7-15)22-14(4)19(13(3)21-22)16-5-8-17(20)11-16/h5-10,12,16-17H,11,20H2,1-4H3/t16-,17-/m1/s1. The van der Waals surface area contributed by atoms with Crippen molar-refractivity contribution >= 4 is 0 Å². The summed E-state index contributed by atoms with van der Waals surface area (Å²) in [5.74, 6) is 0.953. The second-order valence-electron chi connectivity index (χ2n) is 6.63. The summed E-state index contributed by atoms with van der Waals surface area (Å²) in [4.78, 5) is 0. The highest BCUT2D eigenvalue weighted by molar-refractivity contribution is 5.42. The van der Waals surface area contributed by atoms with Gasteiger partial charge in [-0.2, -0.15) is 5.10 Å². The molecule has 1 aromatic carbocycles. The highest BCUT2D eigenvalue weighted by atomic mass is 15.3. The Morgan fingerprint density at radius 3 is 2.36 bits per heavy atom. The molecule has 0 aliphatic heterocycles. The maximum atomic E-state index is 6.01. The van der Waals surface area contributed by atoms with Crippen LogP contribution in [0.15, 0.2) is 36.4 Å². The van der Waals surface area contributed by atoms with Gasteiger partial charge in [0.2, 0.25) is 0 Å². The first-order chi connectivity index (χ1) is 10.5. The van der Waals surface area contributed by atoms with Crippen LogP contribution in [-0.4, -0.2) is 15.8 Å². The lowest BCUT2D eigenvalue weighted by molar-refractivity contribution is 0.704. The van der Waals surface area contributed by atoms with Gasteiger partial charge in [0, 0.05) is 23.2 Å². The molecule has 0 radical (unpaired) electrons. The predicted octanol–water partition coefficient (Wildman–Crippen LogP) is 3.98. The Bertz CT molecular complexity index is 692. The third-order valence-electron chi connectivity index (χ3n) is 4.64. The van der Waals surface area contributed by atoms with E-state index >= 15 is 0 Å². The summed E-state index contributed by atoms with van der Waals surface area (Å²) >= 11 is 0. The molecule has 0 spiro atoms. The number of hydrogen-bond acceptors (Lipinski definition) is 2. The lowest BCUT2D eigenvalue weighted by Crippen LogP contribution is -2.14. The van der Waals surface area contributed by atoms with Crippen molar-refractivity contribution in [3.05, 3.63) is 58.9 Å². The summed E-state index contributed by atoms with van der Waals surface area (Å²) in [5, 5.41) is 4.77. The van der Waals surface area contributed by atoms with Crippen LogP contribution in [0.4, 0.5) is 0 Å². The fraction of sp³-hybridized carbons (Fsp3) is 0.421. The number of nitrogens with zero attached hydrogens (tertiary/aromatic N) is 2. The second-order valence-corrected chi connectivity index (χ2v) is 6.63. The molecule has 22 heavy (non-hydrogen) atoms. The Morgan fingerprint density at radius 1 is 1.14 bits per heavy atom. The van der Waals surface area contributed by atoms with Crippen LogP contribution in [0.5, 0.6) is 0 Å². The van der Waals surface area contributed by atoms with Crippen molar-refractivity contribution in [2.24, 2.45) is 5.73 Å². The van der Waals surface area contributed by atoms with Gasteiger partial charge in [-0.15, -0.1) is 0 Å². The first-order valence-corrected chi connectivity index (χ1v) is 8.07. The maximum absolute atomic E-state index is 6.01. The highest BCUT2D eigenvalue weighted by Crippen LogP contribution is 2.33. The van der Waals surface area contributed by atoms with Crippen molar-refractivity contribution in [3.63, 3.8) is 0 Å². The van der Waals surface area contributed by atoms with Gasteiger partial charge < -0.3 is 5.73 Å². The van der Waals surface area contributed by atoms with E-state index in [1.54, 1.807) is 0 Å². The summed E-state index contributed by atoms with van der Waals surface area (Å²) in [6, 6.07) is 8.89. The van der Waals surface area contributed by atoms with Crippen LogP contribution in [0.3, 0.4) is 0 Å². The molecule has 1 aliphatic carbocycles. The number of aryl methyl sites for hydroxylation is 1. The number of hydrogen-bond donors (Lipinski definition) is 1. The molecule has 1 aliphatic rings. The fourth-order valence-electron chi connectivity index (χ4n) is 3.38. The van der Waals surface area contributed by atoms with E-state index < -0.39 is 0 Å². The quantitative estimate of drug-likeness (QED) is 0.870. The molecule has 1 heterocycles. The van der Waals surface area contributed by atoms with Crippen LogP contribution >= 0.6 is 0 Å². The van der Waals surface area contributed by atoms with Crippen molar-refractivity contribution in [1.29, 1.82) is 0 Å². The maximum Gasteiger partial charge on any atom is 0.0649 e. The summed E-state index contributed by atoms with van der Waals surface area (Å²) in [7, 11) is 0. The normalized spacial score (nSPS) is 21.0. The second kappa shape index (κ2) is 5.73. The van der Waals surface area contributed by atoms with Gasteiger partial charge in [-0.1, -0.05) is 38.1 Å². The minimum Gasteiger partial charge on any atom is -0.324 e. The molecule has 3 heteroatoms. The minimum absolute atomic E-state index is 0.178. The Balaban J connectivity index is 1.97. The van der Waals surface area contributed by atoms with Gasteiger partial charge in [0.25, 0.3) is 0 Å². The molecule has 0 saturated heterocycles. The molecule has 2 N–H and O–H groups in total. The van der Waals surface area contributed by atoms with Gasteiger partial charge in [0.1, 0.15) is 0 Å². The monoisotopic (exact) mass is 295 g/mol. The van der Waals surface area contributed by atoms with E-state index in [1.807, 2.05) is 0 Å². The summed E-state index contributed by atoms with van der Waals surface area (Å²) < 4.78 is 2.06. The summed E-state index contributed by atoms with van der Waals surface area (Å²) in [5.41, 5.74) is 12.2. The molecule has 2 aromatic rings. The highest BCUT2D eigenvalue weighted by Gasteiger charge is 2.24. The topological polar surface area (TPSA) is 43.8 Å². The molecule has 116 valence electrons. The molecular formula is C19H25N3. The Hall–Kier alpha value is -1.87. The molecule has 3 nitrogen and oxygen atoms in total. The third-order valence-corrected chi connectivity index (χ3v) is 4.64. The van der Waals surface area contributed by atoms with Gasteiger partial charge in [0.05, 0.1) is 11.4 Å². The van der Waals surface area contributed by atoms with E-state index in [1.165, 1.54) is 16.8 Å². The van der Waals surface area contributed by atoms with E-state index in [0.29, 0.717) is 11.8 Å². The van der Waals surface area contributed by atoms with E-state index in [0.717, 1.165) is 17.8 Å². The molecule has 1 aromatic heterocycles. The number of benzene rings is 1. The van der Waals surface area contributed by atoms with E-state index in [-0.39, 0.29) is 6.04 Å². The number of rotatable bonds is 3. The van der Waals surface area contributed by atoms with Crippen molar-refractivity contribution in [1.82, 2.24) is 9.78 Å². The molecular weight excluding hydrogens is 270 g/mol. The smallest absolute Gasteiger partial charge is 0.0649 e. The molecule has 0 saturated carbocycles. The minimum atomic E-state index is 0.178. The average molecular weight is 295 g/mol. The first kappa shape index (κ1) is 15.0. The molecule has 0 bridgehead atoms. The fourth-order valence-corrected chi connectivity index (χ4v) is 3.38. The Kier molecular flexibility index (Phi) is 3.92. The summed E-state index contributed by atoms with van der Waals surface area (Å²) in [6.07, 6.45) is 5.33. The third kappa shape index (κ3) is 2.61. The summed E-state index contributed by atoms with van der Waals surface area (Å²) in [6.45, 7) is 8.68. The van der Waals surface area contributed by atoms with E-state index in [2.05, 4.69) is 68.8 Å². The lowest BCUT2D eigenvalue weighted by Gasteiger charge is -2.11. The Labute approximate surface area is 132 Å². The zero-order chi connectivity index (χ0) is 15.9. The average Bonchev–Trinajstić information content (AvgIpc) is 3.02. The molecule has 3 rings (SSSR count). The number of aromatic nitrogens is 2. The largest absolute Gasteiger partial charge is 0.324 e. The van der Waals surface area contributed by atoms with Crippen LogP contribution in [0.2, 0.25) is 0 Å². The van der Waals surface area contributed by atoms with Gasteiger partial charge >= 0.3 is 0 Å². The molecule has 0 fully saturated rings. The van der Waals surface area contributed by atoms with Crippen molar-refractivity contribution in [3.8, 4) is 5.69 Å². The van der Waals surface area contributed by atoms with Crippen molar-refractivity contribution in [2.75, 3.05) is 0 Å². The van der Waals surface area contributed by atoms with Crippen LogP contribution in [0, 0.1) is 13.8 Å². The van der Waals surface area contributed by atoms with E-state index in [4.69, 9.17) is 10.8 Å². The zero-order valence-corrected chi connectivity index (χ0v) is 13.9. The van der Waals surface area contributed by atoms with Crippen LogP contribution in [0.1, 0.15) is 54.6 Å². The number of allylic oxidation sites excluding steroid dienone is 1. The van der Waals surface area contributed by atoms with E-state index in [9.17, 15) is 0 Å². The van der Waals surface area contributed by atoms with Gasteiger partial charge in [-0.25, -0.2) is 4.68 Å². The van der Waals surface area contributed by atoms with Crippen LogP contribution in [0.25, 0.3) is 5.69 Å². The molecule has 2 atom stereocenters. The van der Waals surface area contributed by atoms with Crippen molar-refractivity contribution in [2.45, 2.75) is 52.0 Å².